The molecule has 5 rings (SSSR count). The Hall–Kier alpha value is -3.38. The first-order chi connectivity index (χ1) is 15.2. The standard InChI is InChI=1S/C25H27N5O/c1-17(2)20-5-3-4-6-21(20)23-22-11-12-26-24(22)29-25(28-23)27-18-7-9-19(10-8-18)30-13-15-31-16-14-30/h3-12,17H,13-16H2,1-2H3,(H2,26,27,28,29). The van der Waals surface area contributed by atoms with Gasteiger partial charge in [0.2, 0.25) is 5.95 Å². The zero-order valence-electron chi connectivity index (χ0n) is 17.9. The summed E-state index contributed by atoms with van der Waals surface area (Å²) in [6.45, 7) is 7.85. The quantitative estimate of drug-likeness (QED) is 0.463. The van der Waals surface area contributed by atoms with Gasteiger partial charge >= 0.3 is 0 Å². The third-order valence-corrected chi connectivity index (χ3v) is 5.75. The van der Waals surface area contributed by atoms with Crippen molar-refractivity contribution in [2.75, 3.05) is 36.5 Å². The third kappa shape index (κ3) is 3.99. The lowest BCUT2D eigenvalue weighted by Gasteiger charge is -2.28. The number of rotatable bonds is 5. The molecule has 4 aromatic rings. The average molecular weight is 414 g/mol. The van der Waals surface area contributed by atoms with Gasteiger partial charge < -0.3 is 19.9 Å². The minimum atomic E-state index is 0.407. The Morgan fingerprint density at radius 3 is 2.52 bits per heavy atom. The van der Waals surface area contributed by atoms with E-state index in [1.54, 1.807) is 0 Å². The maximum atomic E-state index is 5.45. The van der Waals surface area contributed by atoms with E-state index in [2.05, 4.69) is 77.6 Å². The first kappa shape index (κ1) is 19.6. The van der Waals surface area contributed by atoms with Crippen LogP contribution >= 0.6 is 0 Å². The lowest BCUT2D eigenvalue weighted by molar-refractivity contribution is 0.122. The molecule has 1 saturated heterocycles. The molecule has 0 unspecified atom stereocenters. The van der Waals surface area contributed by atoms with E-state index in [1.165, 1.54) is 11.3 Å². The van der Waals surface area contributed by atoms with Crippen LogP contribution in [-0.4, -0.2) is 41.3 Å². The molecule has 0 aliphatic carbocycles. The maximum Gasteiger partial charge on any atom is 0.229 e. The van der Waals surface area contributed by atoms with Crippen LogP contribution in [0.2, 0.25) is 0 Å². The highest BCUT2D eigenvalue weighted by atomic mass is 16.5. The lowest BCUT2D eigenvalue weighted by Crippen LogP contribution is -2.36. The van der Waals surface area contributed by atoms with E-state index in [0.717, 1.165) is 54.3 Å². The predicted molar refractivity (Wildman–Crippen MR) is 126 cm³/mol. The summed E-state index contributed by atoms with van der Waals surface area (Å²) in [6.07, 6.45) is 1.92. The first-order valence-electron chi connectivity index (χ1n) is 10.8. The van der Waals surface area contributed by atoms with Crippen molar-refractivity contribution in [1.82, 2.24) is 15.0 Å². The van der Waals surface area contributed by atoms with Crippen LogP contribution in [0.15, 0.2) is 60.8 Å². The maximum absolute atomic E-state index is 5.45. The monoisotopic (exact) mass is 413 g/mol. The Morgan fingerprint density at radius 2 is 1.74 bits per heavy atom. The van der Waals surface area contributed by atoms with E-state index in [4.69, 9.17) is 14.7 Å². The molecule has 0 spiro atoms. The summed E-state index contributed by atoms with van der Waals surface area (Å²) < 4.78 is 5.45. The zero-order chi connectivity index (χ0) is 21.2. The number of anilines is 3. The van der Waals surface area contributed by atoms with E-state index in [1.807, 2.05) is 12.3 Å². The molecule has 1 aliphatic rings. The Kier molecular flexibility index (Phi) is 5.30. The first-order valence-corrected chi connectivity index (χ1v) is 10.8. The molecule has 158 valence electrons. The number of H-pyrrole nitrogens is 1. The van der Waals surface area contributed by atoms with Crippen molar-refractivity contribution < 1.29 is 4.74 Å². The van der Waals surface area contributed by atoms with Gasteiger partial charge in [-0.05, 0) is 41.8 Å². The highest BCUT2D eigenvalue weighted by molar-refractivity contribution is 5.92. The molecule has 0 atom stereocenters. The Morgan fingerprint density at radius 1 is 0.968 bits per heavy atom. The average Bonchev–Trinajstić information content (AvgIpc) is 3.28. The van der Waals surface area contributed by atoms with Crippen molar-refractivity contribution in [3.63, 3.8) is 0 Å². The van der Waals surface area contributed by atoms with Gasteiger partial charge in [-0.3, -0.25) is 0 Å². The van der Waals surface area contributed by atoms with Crippen molar-refractivity contribution in [2.45, 2.75) is 19.8 Å². The van der Waals surface area contributed by atoms with E-state index >= 15 is 0 Å². The Bertz CT molecular complexity index is 1180. The van der Waals surface area contributed by atoms with Crippen LogP contribution < -0.4 is 10.2 Å². The lowest BCUT2D eigenvalue weighted by atomic mass is 9.94. The second kappa shape index (κ2) is 8.40. The molecule has 0 bridgehead atoms. The fourth-order valence-electron chi connectivity index (χ4n) is 4.12. The topological polar surface area (TPSA) is 66.1 Å². The zero-order valence-corrected chi connectivity index (χ0v) is 17.9. The summed E-state index contributed by atoms with van der Waals surface area (Å²) in [5, 5.41) is 4.42. The molecule has 0 amide bonds. The number of morpholine rings is 1. The van der Waals surface area contributed by atoms with Gasteiger partial charge in [-0.15, -0.1) is 0 Å². The van der Waals surface area contributed by atoms with Gasteiger partial charge in [0.1, 0.15) is 5.65 Å². The number of benzene rings is 2. The number of nitrogens with one attached hydrogen (secondary N) is 2. The largest absolute Gasteiger partial charge is 0.378 e. The van der Waals surface area contributed by atoms with Crippen LogP contribution in [0.3, 0.4) is 0 Å². The van der Waals surface area contributed by atoms with Crippen LogP contribution in [0.1, 0.15) is 25.3 Å². The van der Waals surface area contributed by atoms with Crippen molar-refractivity contribution in [1.29, 1.82) is 0 Å². The highest BCUT2D eigenvalue weighted by Gasteiger charge is 2.16. The molecule has 0 radical (unpaired) electrons. The van der Waals surface area contributed by atoms with Gasteiger partial charge in [0.05, 0.1) is 18.9 Å². The van der Waals surface area contributed by atoms with Gasteiger partial charge in [-0.1, -0.05) is 38.1 Å². The molecule has 2 N–H and O–H groups in total. The van der Waals surface area contributed by atoms with Crippen LogP contribution in [0.4, 0.5) is 17.3 Å². The van der Waals surface area contributed by atoms with Crippen LogP contribution in [0, 0.1) is 0 Å². The van der Waals surface area contributed by atoms with E-state index in [9.17, 15) is 0 Å². The summed E-state index contributed by atoms with van der Waals surface area (Å²) >= 11 is 0. The fraction of sp³-hybridized carbons (Fsp3) is 0.280. The van der Waals surface area contributed by atoms with Crippen LogP contribution in [0.25, 0.3) is 22.3 Å². The Labute approximate surface area is 182 Å². The summed E-state index contributed by atoms with van der Waals surface area (Å²) in [4.78, 5) is 15.2. The fourth-order valence-corrected chi connectivity index (χ4v) is 4.12. The second-order valence-corrected chi connectivity index (χ2v) is 8.15. The summed E-state index contributed by atoms with van der Waals surface area (Å²) in [6, 6.07) is 18.9. The normalized spacial score (nSPS) is 14.4. The van der Waals surface area contributed by atoms with Gasteiger partial charge in [0.25, 0.3) is 0 Å². The number of aromatic amines is 1. The minimum absolute atomic E-state index is 0.407. The molecular weight excluding hydrogens is 386 g/mol. The number of aromatic nitrogens is 3. The highest BCUT2D eigenvalue weighted by Crippen LogP contribution is 2.33. The summed E-state index contributed by atoms with van der Waals surface area (Å²) in [5.41, 5.74) is 6.38. The molecule has 31 heavy (non-hydrogen) atoms. The predicted octanol–water partition coefficient (Wildman–Crippen LogP) is 5.33. The van der Waals surface area contributed by atoms with E-state index in [-0.39, 0.29) is 0 Å². The molecule has 2 aromatic heterocycles. The molecule has 0 saturated carbocycles. The number of nitrogens with zero attached hydrogens (tertiary/aromatic N) is 3. The molecular formula is C25H27N5O. The van der Waals surface area contributed by atoms with Crippen molar-refractivity contribution >= 4 is 28.4 Å². The molecule has 3 heterocycles. The minimum Gasteiger partial charge on any atom is -0.378 e. The van der Waals surface area contributed by atoms with Gasteiger partial charge in [0.15, 0.2) is 0 Å². The Balaban J connectivity index is 1.48. The molecule has 6 heteroatoms. The molecule has 6 nitrogen and oxygen atoms in total. The molecule has 2 aromatic carbocycles. The van der Waals surface area contributed by atoms with Crippen molar-refractivity contribution in [3.8, 4) is 11.3 Å². The van der Waals surface area contributed by atoms with E-state index in [0.29, 0.717) is 11.9 Å². The molecule has 1 aliphatic heterocycles. The van der Waals surface area contributed by atoms with Crippen LogP contribution in [0.5, 0.6) is 0 Å². The van der Waals surface area contributed by atoms with Crippen LogP contribution in [-0.2, 0) is 4.74 Å². The summed E-state index contributed by atoms with van der Waals surface area (Å²) in [7, 11) is 0. The van der Waals surface area contributed by atoms with Crippen molar-refractivity contribution in [2.24, 2.45) is 0 Å². The van der Waals surface area contributed by atoms with Crippen molar-refractivity contribution in [3.05, 3.63) is 66.4 Å². The van der Waals surface area contributed by atoms with Gasteiger partial charge in [-0.25, -0.2) is 4.98 Å². The number of fused-ring (bicyclic) bond motifs is 1. The van der Waals surface area contributed by atoms with Gasteiger partial charge in [0, 0.05) is 41.6 Å². The van der Waals surface area contributed by atoms with Gasteiger partial charge in [-0.2, -0.15) is 4.98 Å². The number of hydrogen-bond acceptors (Lipinski definition) is 5. The number of hydrogen-bond donors (Lipinski definition) is 2. The second-order valence-electron chi connectivity index (χ2n) is 8.15. The van der Waals surface area contributed by atoms with E-state index < -0.39 is 0 Å². The SMILES string of the molecule is CC(C)c1ccccc1-c1nc(Nc2ccc(N3CCOCC3)cc2)nc2[nH]ccc12. The third-order valence-electron chi connectivity index (χ3n) is 5.75. The summed E-state index contributed by atoms with van der Waals surface area (Å²) in [5.74, 6) is 0.993. The number of ether oxygens (including phenoxy) is 1. The smallest absolute Gasteiger partial charge is 0.229 e. The molecule has 1 fully saturated rings.